The first-order valence-electron chi connectivity index (χ1n) is 15.1. The maximum absolute atomic E-state index is 14.2. The lowest BCUT2D eigenvalue weighted by atomic mass is 9.63. The summed E-state index contributed by atoms with van der Waals surface area (Å²) >= 11 is 0. The van der Waals surface area contributed by atoms with Gasteiger partial charge in [-0.3, -0.25) is 9.59 Å². The van der Waals surface area contributed by atoms with Crippen LogP contribution >= 0.6 is 0 Å². The molecule has 1 aromatic carbocycles. The molecule has 7 nitrogen and oxygen atoms in total. The van der Waals surface area contributed by atoms with E-state index in [9.17, 15) is 23.5 Å². The zero-order valence-corrected chi connectivity index (χ0v) is 24.9. The molecule has 0 aromatic heterocycles. The van der Waals surface area contributed by atoms with E-state index in [2.05, 4.69) is 10.2 Å². The molecule has 41 heavy (non-hydrogen) atoms. The third-order valence-electron chi connectivity index (χ3n) is 8.26. The van der Waals surface area contributed by atoms with Crippen LogP contribution in [0.3, 0.4) is 0 Å². The average molecular weight is 575 g/mol. The van der Waals surface area contributed by atoms with E-state index in [1.54, 1.807) is 24.0 Å². The van der Waals surface area contributed by atoms with Gasteiger partial charge >= 0.3 is 0 Å². The summed E-state index contributed by atoms with van der Waals surface area (Å²) in [6, 6.07) is 3.22. The molecule has 1 unspecified atom stereocenters. The van der Waals surface area contributed by atoms with Crippen LogP contribution in [0.1, 0.15) is 64.9 Å². The summed E-state index contributed by atoms with van der Waals surface area (Å²) in [5.41, 5.74) is 6.13. The van der Waals surface area contributed by atoms with Gasteiger partial charge in [-0.1, -0.05) is 31.6 Å². The number of aliphatic hydroxyl groups excluding tert-OH is 1. The van der Waals surface area contributed by atoms with Gasteiger partial charge in [-0.2, -0.15) is 0 Å². The van der Waals surface area contributed by atoms with Crippen molar-refractivity contribution in [3.05, 3.63) is 58.7 Å². The lowest BCUT2D eigenvalue weighted by molar-refractivity contribution is -0.132. The topological polar surface area (TPSA) is 98.9 Å². The van der Waals surface area contributed by atoms with E-state index in [1.165, 1.54) is 25.0 Å². The number of primary amides is 1. The molecule has 1 heterocycles. The lowest BCUT2D eigenvalue weighted by Gasteiger charge is -2.42. The van der Waals surface area contributed by atoms with E-state index in [4.69, 9.17) is 5.73 Å². The van der Waals surface area contributed by atoms with E-state index in [-0.39, 0.29) is 25.3 Å². The van der Waals surface area contributed by atoms with Gasteiger partial charge in [-0.25, -0.2) is 8.78 Å². The normalized spacial score (nSPS) is 20.8. The molecule has 1 saturated heterocycles. The zero-order valence-electron chi connectivity index (χ0n) is 24.9. The number of hydrogen-bond acceptors (Lipinski definition) is 5. The van der Waals surface area contributed by atoms with E-state index >= 15 is 0 Å². The van der Waals surface area contributed by atoms with Crippen LogP contribution in [0.5, 0.6) is 0 Å². The van der Waals surface area contributed by atoms with Crippen LogP contribution in [-0.4, -0.2) is 78.6 Å². The summed E-state index contributed by atoms with van der Waals surface area (Å²) in [6.07, 6.45) is 7.42. The summed E-state index contributed by atoms with van der Waals surface area (Å²) in [5, 5.41) is 14.9. The van der Waals surface area contributed by atoms with Crippen molar-refractivity contribution >= 4 is 11.8 Å². The van der Waals surface area contributed by atoms with E-state index in [0.717, 1.165) is 45.0 Å². The van der Waals surface area contributed by atoms with Crippen molar-refractivity contribution in [1.82, 2.24) is 15.1 Å². The fourth-order valence-electron chi connectivity index (χ4n) is 6.38. The minimum atomic E-state index is -1.42. The van der Waals surface area contributed by atoms with Gasteiger partial charge in [0.25, 0.3) is 0 Å². The molecule has 0 bridgehead atoms. The monoisotopic (exact) mass is 574 g/mol. The number of carbonyl (C=O) groups is 2. The van der Waals surface area contributed by atoms with Crippen LogP contribution < -0.4 is 11.1 Å². The molecule has 1 fully saturated rings. The Kier molecular flexibility index (Phi) is 12.5. The van der Waals surface area contributed by atoms with Crippen molar-refractivity contribution < 1.29 is 23.5 Å². The average Bonchev–Trinajstić information content (AvgIpc) is 3.43. The van der Waals surface area contributed by atoms with Gasteiger partial charge in [0.2, 0.25) is 11.8 Å². The van der Waals surface area contributed by atoms with Crippen LogP contribution in [0, 0.1) is 23.0 Å². The molecular formula is C32H48F2N4O3. The lowest BCUT2D eigenvalue weighted by Crippen LogP contribution is -2.52. The number of nitrogens with one attached hydrogen (secondary N) is 1. The SMILES string of the molecule is CCCN(CCC)C(=O)C1=CC(C)=CC(C(N)=O)([C@H](Cc2cc(F)cc(F)c2)[C@@H](O)CNCCCN2CCCC2)C1. The largest absolute Gasteiger partial charge is 0.391 e. The predicted molar refractivity (Wildman–Crippen MR) is 158 cm³/mol. The van der Waals surface area contributed by atoms with Crippen molar-refractivity contribution in [2.75, 3.05) is 45.8 Å². The molecule has 3 atom stereocenters. The zero-order chi connectivity index (χ0) is 30.0. The summed E-state index contributed by atoms with van der Waals surface area (Å²) < 4.78 is 28.3. The number of nitrogens with two attached hydrogens (primary N) is 1. The number of nitrogens with zero attached hydrogens (tertiary/aromatic N) is 2. The predicted octanol–water partition coefficient (Wildman–Crippen LogP) is 3.96. The molecule has 0 radical (unpaired) electrons. The smallest absolute Gasteiger partial charge is 0.249 e. The molecule has 1 aliphatic heterocycles. The Morgan fingerprint density at radius 3 is 2.34 bits per heavy atom. The molecule has 1 aromatic rings. The van der Waals surface area contributed by atoms with Crippen LogP contribution in [0.2, 0.25) is 0 Å². The first-order valence-corrected chi connectivity index (χ1v) is 15.1. The van der Waals surface area contributed by atoms with Gasteiger partial charge in [-0.05, 0) is 95.7 Å². The van der Waals surface area contributed by atoms with Crippen LogP contribution in [0.4, 0.5) is 8.78 Å². The minimum Gasteiger partial charge on any atom is -0.391 e. The van der Waals surface area contributed by atoms with Gasteiger partial charge in [0, 0.05) is 37.2 Å². The van der Waals surface area contributed by atoms with Gasteiger partial charge in [0.05, 0.1) is 11.5 Å². The molecule has 1 aliphatic carbocycles. The van der Waals surface area contributed by atoms with Gasteiger partial charge < -0.3 is 26.0 Å². The standard InChI is InChI=1S/C32H48F2N4O3/c1-4-10-38(11-5-2)30(40)25-15-23(3)20-32(21-25,31(35)41)28(18-24-16-26(33)19-27(34)17-24)29(39)22-36-9-8-14-37-12-6-7-13-37/h15-17,19-20,28-29,36,39H,4-14,18,21-22H2,1-3H3,(H2,35,41)/t28-,29+,32?/m1/s1. The second kappa shape index (κ2) is 15.6. The highest BCUT2D eigenvalue weighted by Crippen LogP contribution is 2.44. The fourth-order valence-corrected chi connectivity index (χ4v) is 6.38. The summed E-state index contributed by atoms with van der Waals surface area (Å²) in [7, 11) is 0. The second-order valence-electron chi connectivity index (χ2n) is 11.7. The third-order valence-corrected chi connectivity index (χ3v) is 8.26. The summed E-state index contributed by atoms with van der Waals surface area (Å²) in [4.78, 5) is 31.2. The number of likely N-dealkylation sites (tertiary alicyclic amines) is 1. The second-order valence-corrected chi connectivity index (χ2v) is 11.7. The molecule has 2 amide bonds. The molecule has 4 N–H and O–H groups in total. The highest BCUT2D eigenvalue weighted by molar-refractivity contribution is 5.96. The fraction of sp³-hybridized carbons (Fsp3) is 0.625. The first-order chi connectivity index (χ1) is 19.6. The van der Waals surface area contributed by atoms with Crippen LogP contribution in [0.15, 0.2) is 41.5 Å². The van der Waals surface area contributed by atoms with E-state index in [0.29, 0.717) is 36.3 Å². The molecule has 9 heteroatoms. The molecule has 228 valence electrons. The molecular weight excluding hydrogens is 526 g/mol. The highest BCUT2D eigenvalue weighted by Gasteiger charge is 2.48. The number of carbonyl (C=O) groups excluding carboxylic acids is 2. The Bertz CT molecular complexity index is 1080. The number of hydrogen-bond donors (Lipinski definition) is 3. The Morgan fingerprint density at radius 2 is 1.76 bits per heavy atom. The van der Waals surface area contributed by atoms with Crippen molar-refractivity contribution in [2.24, 2.45) is 17.1 Å². The summed E-state index contributed by atoms with van der Waals surface area (Å²) in [6.45, 7) is 11.1. The Labute approximate surface area is 243 Å². The quantitative estimate of drug-likeness (QED) is 0.260. The number of rotatable bonds is 16. The van der Waals surface area contributed by atoms with E-state index in [1.807, 2.05) is 13.8 Å². The number of halogens is 2. The maximum atomic E-state index is 14.2. The van der Waals surface area contributed by atoms with Crippen molar-refractivity contribution in [3.8, 4) is 0 Å². The number of allylic oxidation sites excluding steroid dienone is 2. The Balaban J connectivity index is 1.88. The molecule has 0 saturated carbocycles. The minimum absolute atomic E-state index is 0.00707. The highest BCUT2D eigenvalue weighted by atomic mass is 19.1. The van der Waals surface area contributed by atoms with E-state index < -0.39 is 35.0 Å². The van der Waals surface area contributed by atoms with Gasteiger partial charge in [0.15, 0.2) is 0 Å². The number of benzene rings is 1. The number of aliphatic hydroxyl groups is 1. The van der Waals surface area contributed by atoms with Gasteiger partial charge in [0.1, 0.15) is 11.6 Å². The molecule has 3 rings (SSSR count). The Hall–Kier alpha value is -2.62. The third kappa shape index (κ3) is 8.93. The molecule has 0 spiro atoms. The van der Waals surface area contributed by atoms with Crippen molar-refractivity contribution in [2.45, 2.75) is 71.8 Å². The first kappa shape index (κ1) is 32.9. The maximum Gasteiger partial charge on any atom is 0.249 e. The number of amides is 2. The molecule has 2 aliphatic rings. The van der Waals surface area contributed by atoms with Crippen molar-refractivity contribution in [3.63, 3.8) is 0 Å². The van der Waals surface area contributed by atoms with Crippen LogP contribution in [0.25, 0.3) is 0 Å². The summed E-state index contributed by atoms with van der Waals surface area (Å²) in [5.74, 6) is -3.13. The van der Waals surface area contributed by atoms with Crippen LogP contribution in [-0.2, 0) is 16.0 Å². The van der Waals surface area contributed by atoms with Gasteiger partial charge in [-0.15, -0.1) is 0 Å². The Morgan fingerprint density at radius 1 is 1.12 bits per heavy atom. The van der Waals surface area contributed by atoms with Crippen molar-refractivity contribution in [1.29, 1.82) is 0 Å².